The van der Waals surface area contributed by atoms with Gasteiger partial charge in [-0.2, -0.15) is 23.0 Å². The number of nitrogens with zero attached hydrogens (tertiary/aromatic N) is 2. The smallest absolute Gasteiger partial charge is 0.378 e. The van der Waals surface area contributed by atoms with E-state index < -0.39 is 28.8 Å². The Bertz CT molecular complexity index is 1630. The highest BCUT2D eigenvalue weighted by Crippen LogP contribution is 2.29. The van der Waals surface area contributed by atoms with Gasteiger partial charge in [0.15, 0.2) is 0 Å². The van der Waals surface area contributed by atoms with Crippen molar-refractivity contribution in [3.05, 3.63) is 98.9 Å². The molecular weight excluding hydrogens is 507 g/mol. The van der Waals surface area contributed by atoms with E-state index in [4.69, 9.17) is 11.6 Å². The van der Waals surface area contributed by atoms with E-state index in [0.29, 0.717) is 16.6 Å². The van der Waals surface area contributed by atoms with Crippen molar-refractivity contribution in [1.82, 2.24) is 9.78 Å². The molecule has 1 aromatic heterocycles. The lowest BCUT2D eigenvalue weighted by Gasteiger charge is -2.11. The second kappa shape index (κ2) is 9.73. The minimum Gasteiger partial charge on any atom is -0.378 e. The van der Waals surface area contributed by atoms with Crippen molar-refractivity contribution >= 4 is 34.0 Å². The Morgan fingerprint density at radius 3 is 2.41 bits per heavy atom. The Morgan fingerprint density at radius 2 is 1.76 bits per heavy atom. The molecule has 0 aliphatic carbocycles. The first-order valence-corrected chi connectivity index (χ1v) is 11.3. The molecular formula is C27H19ClF3N3O3. The standard InChI is InChI=1S/C27H19ClF3N3O3/c1-26(2,37)12-11-16-3-10-23(28)22(13-16)24(35)33-19-7-4-17-15-32-34(25(36)21(17)14-19)20-8-5-18(6-9-20)27(29,30)31/h3-10,13-15,37H,1-2H3,(H,33,35). The first kappa shape index (κ1) is 25.9. The summed E-state index contributed by atoms with van der Waals surface area (Å²) in [7, 11) is 0. The second-order valence-electron chi connectivity index (χ2n) is 8.67. The monoisotopic (exact) mass is 525 g/mol. The summed E-state index contributed by atoms with van der Waals surface area (Å²) in [6.07, 6.45) is -3.10. The summed E-state index contributed by atoms with van der Waals surface area (Å²) in [5.74, 6) is 4.90. The number of carbonyl (C=O) groups excluding carboxylic acids is 1. The summed E-state index contributed by atoms with van der Waals surface area (Å²) in [6, 6.07) is 13.3. The number of fused-ring (bicyclic) bond motifs is 1. The Labute approximate surface area is 214 Å². The van der Waals surface area contributed by atoms with Crippen LogP contribution in [0, 0.1) is 11.8 Å². The molecule has 4 rings (SSSR count). The number of benzene rings is 3. The van der Waals surface area contributed by atoms with E-state index in [9.17, 15) is 27.9 Å². The molecule has 0 saturated heterocycles. The van der Waals surface area contributed by atoms with Crippen LogP contribution in [0.4, 0.5) is 18.9 Å². The molecule has 2 N–H and O–H groups in total. The van der Waals surface area contributed by atoms with Crippen LogP contribution in [0.2, 0.25) is 5.02 Å². The van der Waals surface area contributed by atoms with Crippen LogP contribution in [0.3, 0.4) is 0 Å². The molecule has 0 radical (unpaired) electrons. The van der Waals surface area contributed by atoms with E-state index in [-0.39, 0.29) is 21.7 Å². The van der Waals surface area contributed by atoms with E-state index >= 15 is 0 Å². The number of carbonyl (C=O) groups is 1. The van der Waals surface area contributed by atoms with Gasteiger partial charge in [-0.25, -0.2) is 0 Å². The van der Waals surface area contributed by atoms with Gasteiger partial charge in [-0.15, -0.1) is 0 Å². The minimum atomic E-state index is -4.50. The van der Waals surface area contributed by atoms with Crippen LogP contribution in [-0.4, -0.2) is 26.4 Å². The van der Waals surface area contributed by atoms with Crippen molar-refractivity contribution in [3.8, 4) is 17.5 Å². The van der Waals surface area contributed by atoms with Gasteiger partial charge >= 0.3 is 6.18 Å². The quantitative estimate of drug-likeness (QED) is 0.349. The lowest BCUT2D eigenvalue weighted by molar-refractivity contribution is -0.137. The number of hydrogen-bond acceptors (Lipinski definition) is 4. The van der Waals surface area contributed by atoms with Crippen LogP contribution in [0.5, 0.6) is 0 Å². The fourth-order valence-corrected chi connectivity index (χ4v) is 3.60. The molecule has 0 spiro atoms. The number of alkyl halides is 3. The summed E-state index contributed by atoms with van der Waals surface area (Å²) in [4.78, 5) is 26.0. The number of hydrogen-bond donors (Lipinski definition) is 2. The number of rotatable bonds is 3. The highest BCUT2D eigenvalue weighted by Gasteiger charge is 2.30. The van der Waals surface area contributed by atoms with Gasteiger partial charge < -0.3 is 10.4 Å². The molecule has 6 nitrogen and oxygen atoms in total. The number of halogens is 4. The van der Waals surface area contributed by atoms with Crippen molar-refractivity contribution in [2.45, 2.75) is 25.6 Å². The van der Waals surface area contributed by atoms with Gasteiger partial charge in [0, 0.05) is 16.6 Å². The van der Waals surface area contributed by atoms with Gasteiger partial charge in [0.1, 0.15) is 5.60 Å². The van der Waals surface area contributed by atoms with Crippen LogP contribution in [0.15, 0.2) is 71.7 Å². The average molecular weight is 526 g/mol. The molecule has 188 valence electrons. The Hall–Kier alpha value is -4.13. The van der Waals surface area contributed by atoms with E-state index in [2.05, 4.69) is 22.3 Å². The largest absolute Gasteiger partial charge is 0.416 e. The van der Waals surface area contributed by atoms with Gasteiger partial charge in [-0.05, 0) is 68.4 Å². The maximum absolute atomic E-state index is 13.1. The normalized spacial score (nSPS) is 11.6. The number of aromatic nitrogens is 2. The number of amides is 1. The van der Waals surface area contributed by atoms with Crippen LogP contribution >= 0.6 is 11.6 Å². The lowest BCUT2D eigenvalue weighted by atomic mass is 10.1. The number of anilines is 1. The van der Waals surface area contributed by atoms with Gasteiger partial charge in [-0.1, -0.05) is 29.5 Å². The fourth-order valence-electron chi connectivity index (χ4n) is 3.39. The molecule has 0 aliphatic rings. The highest BCUT2D eigenvalue weighted by molar-refractivity contribution is 6.34. The Morgan fingerprint density at radius 1 is 1.05 bits per heavy atom. The predicted octanol–water partition coefficient (Wildman–Crippen LogP) is 5.43. The summed E-state index contributed by atoms with van der Waals surface area (Å²) in [6.45, 7) is 3.06. The Kier molecular flexibility index (Phi) is 6.82. The third-order valence-electron chi connectivity index (χ3n) is 5.21. The summed E-state index contributed by atoms with van der Waals surface area (Å²) < 4.78 is 39.6. The molecule has 1 amide bonds. The summed E-state index contributed by atoms with van der Waals surface area (Å²) in [5.41, 5.74) is -1.56. The van der Waals surface area contributed by atoms with Crippen LogP contribution in [0.1, 0.15) is 35.3 Å². The van der Waals surface area contributed by atoms with Gasteiger partial charge in [0.05, 0.1) is 33.4 Å². The Balaban J connectivity index is 1.65. The maximum Gasteiger partial charge on any atom is 0.416 e. The molecule has 0 fully saturated rings. The van der Waals surface area contributed by atoms with Gasteiger partial charge in [-0.3, -0.25) is 9.59 Å². The SMILES string of the molecule is CC(C)(O)C#Cc1ccc(Cl)c(C(=O)Nc2ccc3cnn(-c4ccc(C(F)(F)F)cc4)c(=O)c3c2)c1. The lowest BCUT2D eigenvalue weighted by Crippen LogP contribution is -2.21. The first-order valence-electron chi connectivity index (χ1n) is 10.9. The van der Waals surface area contributed by atoms with E-state index in [1.807, 2.05) is 0 Å². The molecule has 0 atom stereocenters. The molecule has 0 bridgehead atoms. The van der Waals surface area contributed by atoms with Crippen molar-refractivity contribution in [2.24, 2.45) is 0 Å². The third-order valence-corrected chi connectivity index (χ3v) is 5.54. The number of aliphatic hydroxyl groups is 1. The molecule has 10 heteroatoms. The molecule has 3 aromatic carbocycles. The van der Waals surface area contributed by atoms with E-state index in [0.717, 1.165) is 28.9 Å². The molecule has 4 aromatic rings. The average Bonchev–Trinajstić information content (AvgIpc) is 2.83. The summed E-state index contributed by atoms with van der Waals surface area (Å²) in [5, 5.41) is 17.4. The predicted molar refractivity (Wildman–Crippen MR) is 135 cm³/mol. The molecule has 0 unspecified atom stereocenters. The highest BCUT2D eigenvalue weighted by atomic mass is 35.5. The zero-order chi connectivity index (χ0) is 27.0. The van der Waals surface area contributed by atoms with Crippen molar-refractivity contribution in [1.29, 1.82) is 0 Å². The minimum absolute atomic E-state index is 0.140. The molecule has 37 heavy (non-hydrogen) atoms. The maximum atomic E-state index is 13.1. The zero-order valence-electron chi connectivity index (χ0n) is 19.5. The molecule has 0 saturated carbocycles. The fraction of sp³-hybridized carbons (Fsp3) is 0.148. The van der Waals surface area contributed by atoms with Crippen LogP contribution in [0.25, 0.3) is 16.5 Å². The van der Waals surface area contributed by atoms with Gasteiger partial charge in [0.2, 0.25) is 0 Å². The van der Waals surface area contributed by atoms with E-state index in [1.54, 1.807) is 18.2 Å². The van der Waals surface area contributed by atoms with Crippen molar-refractivity contribution in [3.63, 3.8) is 0 Å². The van der Waals surface area contributed by atoms with Crippen LogP contribution < -0.4 is 10.9 Å². The number of nitrogens with one attached hydrogen (secondary N) is 1. The topological polar surface area (TPSA) is 84.2 Å². The second-order valence-corrected chi connectivity index (χ2v) is 9.07. The summed E-state index contributed by atoms with van der Waals surface area (Å²) >= 11 is 6.21. The van der Waals surface area contributed by atoms with E-state index in [1.165, 1.54) is 38.2 Å². The van der Waals surface area contributed by atoms with Crippen molar-refractivity contribution in [2.75, 3.05) is 5.32 Å². The van der Waals surface area contributed by atoms with Crippen molar-refractivity contribution < 1.29 is 23.1 Å². The molecule has 1 heterocycles. The molecule has 0 aliphatic heterocycles. The van der Waals surface area contributed by atoms with Gasteiger partial charge in [0.25, 0.3) is 11.5 Å². The third kappa shape index (κ3) is 6.00. The first-order chi connectivity index (χ1) is 17.3. The van der Waals surface area contributed by atoms with Crippen LogP contribution in [-0.2, 0) is 6.18 Å². The zero-order valence-corrected chi connectivity index (χ0v) is 20.3.